The van der Waals surface area contributed by atoms with Crippen LogP contribution < -0.4 is 10.6 Å². The first kappa shape index (κ1) is 12.4. The first-order valence-corrected chi connectivity index (χ1v) is 6.95. The highest BCUT2D eigenvalue weighted by molar-refractivity contribution is 5.46. The molecule has 1 aliphatic carbocycles. The topological polar surface area (TPSA) is 59.5 Å². The van der Waals surface area contributed by atoms with Crippen LogP contribution in [0.25, 0.3) is 5.65 Å². The van der Waals surface area contributed by atoms with E-state index in [4.69, 9.17) is 5.73 Å². The summed E-state index contributed by atoms with van der Waals surface area (Å²) in [4.78, 5) is 6.83. The highest BCUT2D eigenvalue weighted by Gasteiger charge is 2.31. The quantitative estimate of drug-likeness (QED) is 0.909. The van der Waals surface area contributed by atoms with Crippen molar-refractivity contribution in [2.75, 3.05) is 18.5 Å². The van der Waals surface area contributed by atoms with Crippen LogP contribution in [0.4, 0.5) is 5.95 Å². The molecule has 2 aromatic heterocycles. The second-order valence-corrected chi connectivity index (χ2v) is 5.52. The number of nitrogens with zero attached hydrogens (tertiary/aromatic N) is 4. The number of hydrogen-bond donors (Lipinski definition) is 1. The van der Waals surface area contributed by atoms with Gasteiger partial charge in [-0.3, -0.25) is 0 Å². The maximum absolute atomic E-state index is 5.86. The van der Waals surface area contributed by atoms with Gasteiger partial charge in [0.15, 0.2) is 5.65 Å². The van der Waals surface area contributed by atoms with E-state index in [0.717, 1.165) is 18.1 Å². The lowest BCUT2D eigenvalue weighted by Crippen LogP contribution is -2.38. The van der Waals surface area contributed by atoms with Gasteiger partial charge in [0, 0.05) is 19.3 Å². The fourth-order valence-corrected chi connectivity index (χ4v) is 3.07. The molecule has 2 heterocycles. The molecule has 2 unspecified atom stereocenters. The van der Waals surface area contributed by atoms with Crippen LogP contribution in [0.3, 0.4) is 0 Å². The summed E-state index contributed by atoms with van der Waals surface area (Å²) in [5.41, 5.74) is 7.97. The van der Waals surface area contributed by atoms with Crippen molar-refractivity contribution in [1.82, 2.24) is 14.6 Å². The first-order valence-electron chi connectivity index (χ1n) is 6.95. The Morgan fingerprint density at radius 1 is 1.47 bits per heavy atom. The standard InChI is InChI=1S/C14H21N5/c1-10-6-7-19-13(8-10)16-14(17-19)18(2)12-5-3-4-11(12)9-15/h6-8,11-12H,3-5,9,15H2,1-2H3. The van der Waals surface area contributed by atoms with Crippen LogP contribution in [0.5, 0.6) is 0 Å². The summed E-state index contributed by atoms with van der Waals surface area (Å²) in [5, 5.41) is 4.56. The summed E-state index contributed by atoms with van der Waals surface area (Å²) in [5.74, 6) is 1.37. The Morgan fingerprint density at radius 2 is 2.32 bits per heavy atom. The smallest absolute Gasteiger partial charge is 0.245 e. The third-order valence-electron chi connectivity index (χ3n) is 4.22. The van der Waals surface area contributed by atoms with Gasteiger partial charge in [0.1, 0.15) is 0 Å². The molecule has 5 nitrogen and oxygen atoms in total. The van der Waals surface area contributed by atoms with E-state index < -0.39 is 0 Å². The molecule has 1 saturated carbocycles. The molecule has 2 atom stereocenters. The van der Waals surface area contributed by atoms with Crippen LogP contribution in [0.1, 0.15) is 24.8 Å². The van der Waals surface area contributed by atoms with Crippen LogP contribution >= 0.6 is 0 Å². The van der Waals surface area contributed by atoms with Gasteiger partial charge in [-0.05, 0) is 49.9 Å². The number of fused-ring (bicyclic) bond motifs is 1. The van der Waals surface area contributed by atoms with E-state index in [1.165, 1.54) is 24.8 Å². The molecule has 1 aliphatic rings. The van der Waals surface area contributed by atoms with E-state index in [-0.39, 0.29) is 0 Å². The van der Waals surface area contributed by atoms with E-state index >= 15 is 0 Å². The molecule has 5 heteroatoms. The summed E-state index contributed by atoms with van der Waals surface area (Å²) >= 11 is 0. The Labute approximate surface area is 113 Å². The lowest BCUT2D eigenvalue weighted by atomic mass is 10.0. The van der Waals surface area contributed by atoms with Gasteiger partial charge in [0.2, 0.25) is 5.95 Å². The molecule has 0 amide bonds. The summed E-state index contributed by atoms with van der Waals surface area (Å²) in [6, 6.07) is 4.58. The second-order valence-electron chi connectivity index (χ2n) is 5.52. The van der Waals surface area contributed by atoms with Gasteiger partial charge in [0.05, 0.1) is 0 Å². The van der Waals surface area contributed by atoms with Crippen molar-refractivity contribution in [2.45, 2.75) is 32.2 Å². The minimum Gasteiger partial charge on any atom is -0.339 e. The predicted molar refractivity (Wildman–Crippen MR) is 76.3 cm³/mol. The highest BCUT2D eigenvalue weighted by atomic mass is 15.4. The largest absolute Gasteiger partial charge is 0.339 e. The molecular formula is C14H21N5. The predicted octanol–water partition coefficient (Wildman–Crippen LogP) is 1.60. The van der Waals surface area contributed by atoms with Crippen LogP contribution in [0, 0.1) is 12.8 Å². The van der Waals surface area contributed by atoms with Gasteiger partial charge in [-0.15, -0.1) is 5.10 Å². The Hall–Kier alpha value is -1.62. The van der Waals surface area contributed by atoms with Crippen molar-refractivity contribution >= 4 is 11.6 Å². The third-order valence-corrected chi connectivity index (χ3v) is 4.22. The van der Waals surface area contributed by atoms with Crippen molar-refractivity contribution in [2.24, 2.45) is 11.7 Å². The first-order chi connectivity index (χ1) is 9.19. The minimum absolute atomic E-state index is 0.475. The van der Waals surface area contributed by atoms with Crippen molar-refractivity contribution in [3.8, 4) is 0 Å². The summed E-state index contributed by atoms with van der Waals surface area (Å²) in [7, 11) is 2.08. The molecule has 19 heavy (non-hydrogen) atoms. The second kappa shape index (κ2) is 4.81. The average molecular weight is 259 g/mol. The number of rotatable bonds is 3. The Kier molecular flexibility index (Phi) is 3.14. The van der Waals surface area contributed by atoms with Crippen LogP contribution in [-0.4, -0.2) is 34.2 Å². The van der Waals surface area contributed by atoms with Crippen LogP contribution in [-0.2, 0) is 0 Å². The Bertz CT molecular complexity index is 576. The van der Waals surface area contributed by atoms with E-state index in [2.05, 4.69) is 35.0 Å². The molecule has 0 aliphatic heterocycles. The van der Waals surface area contributed by atoms with Crippen molar-refractivity contribution < 1.29 is 0 Å². The van der Waals surface area contributed by atoms with Gasteiger partial charge in [-0.25, -0.2) is 4.52 Å². The number of nitrogens with two attached hydrogens (primary N) is 1. The Balaban J connectivity index is 1.90. The van der Waals surface area contributed by atoms with E-state index in [0.29, 0.717) is 12.0 Å². The van der Waals surface area contributed by atoms with Crippen LogP contribution in [0.2, 0.25) is 0 Å². The van der Waals surface area contributed by atoms with Crippen LogP contribution in [0.15, 0.2) is 18.3 Å². The monoisotopic (exact) mass is 259 g/mol. The van der Waals surface area contributed by atoms with E-state index in [9.17, 15) is 0 Å². The van der Waals surface area contributed by atoms with Gasteiger partial charge >= 0.3 is 0 Å². The molecule has 2 aromatic rings. The Morgan fingerprint density at radius 3 is 3.11 bits per heavy atom. The lowest BCUT2D eigenvalue weighted by molar-refractivity contribution is 0.469. The molecule has 0 spiro atoms. The van der Waals surface area contributed by atoms with Crippen molar-refractivity contribution in [3.63, 3.8) is 0 Å². The van der Waals surface area contributed by atoms with E-state index in [1.54, 1.807) is 0 Å². The molecule has 3 rings (SSSR count). The average Bonchev–Trinajstić information content (AvgIpc) is 3.03. The normalized spacial score (nSPS) is 23.1. The molecule has 0 aromatic carbocycles. The number of pyridine rings is 1. The number of aryl methyl sites for hydroxylation is 1. The number of aromatic nitrogens is 3. The summed E-state index contributed by atoms with van der Waals surface area (Å²) < 4.78 is 1.84. The number of anilines is 1. The lowest BCUT2D eigenvalue weighted by Gasteiger charge is -2.27. The van der Waals surface area contributed by atoms with Gasteiger partial charge in [-0.2, -0.15) is 4.98 Å². The highest BCUT2D eigenvalue weighted by Crippen LogP contribution is 2.30. The number of hydrogen-bond acceptors (Lipinski definition) is 4. The van der Waals surface area contributed by atoms with Crippen molar-refractivity contribution in [3.05, 3.63) is 23.9 Å². The molecule has 102 valence electrons. The van der Waals surface area contributed by atoms with Crippen molar-refractivity contribution in [1.29, 1.82) is 0 Å². The third kappa shape index (κ3) is 2.18. The molecule has 0 saturated heterocycles. The molecule has 2 N–H and O–H groups in total. The van der Waals surface area contributed by atoms with Gasteiger partial charge < -0.3 is 10.6 Å². The summed E-state index contributed by atoms with van der Waals surface area (Å²) in [6.07, 6.45) is 5.62. The maximum atomic E-state index is 5.86. The fraction of sp³-hybridized carbons (Fsp3) is 0.571. The SMILES string of the molecule is Cc1ccn2nc(N(C)C3CCCC3CN)nc2c1. The zero-order chi connectivity index (χ0) is 13.4. The zero-order valence-electron chi connectivity index (χ0n) is 11.6. The van der Waals surface area contributed by atoms with Gasteiger partial charge in [-0.1, -0.05) is 6.42 Å². The molecule has 0 radical (unpaired) electrons. The molecule has 1 fully saturated rings. The fourth-order valence-electron chi connectivity index (χ4n) is 3.07. The summed E-state index contributed by atoms with van der Waals surface area (Å²) in [6.45, 7) is 2.82. The minimum atomic E-state index is 0.475. The van der Waals surface area contributed by atoms with Gasteiger partial charge in [0.25, 0.3) is 0 Å². The zero-order valence-corrected chi connectivity index (χ0v) is 11.6. The molecule has 0 bridgehead atoms. The van der Waals surface area contributed by atoms with E-state index in [1.807, 2.05) is 16.8 Å². The molecular weight excluding hydrogens is 238 g/mol. The maximum Gasteiger partial charge on any atom is 0.245 e.